The first-order chi connectivity index (χ1) is 0. The van der Waals surface area contributed by atoms with Crippen LogP contribution in [0, 0.1) is 0 Å². The fraction of sp³-hybridized carbons (Fsp3) is 0. The molecule has 0 nitrogen and oxygen atoms in total. The average molecular weight is 282 g/mol. The van der Waals surface area contributed by atoms with Gasteiger partial charge in [0.15, 0.2) is 0 Å². The van der Waals surface area contributed by atoms with Gasteiger partial charge >= 0.3 is 51.4 Å². The number of halogens is 6. The molecular weight excluding hydrogens is 275 g/mol. The van der Waals surface area contributed by atoms with Gasteiger partial charge in [-0.2, -0.15) is 0 Å². The van der Waals surface area contributed by atoms with E-state index >= 15 is 0 Å². The summed E-state index contributed by atoms with van der Waals surface area (Å²) in [4.78, 5) is 0. The Hall–Kier alpha value is 2.03. The number of rotatable bonds is 0. The Labute approximate surface area is 104 Å². The summed E-state index contributed by atoms with van der Waals surface area (Å²) in [7, 11) is 0. The Morgan fingerprint density at radius 2 is 0.500 bits per heavy atom. The zero-order valence-electron chi connectivity index (χ0n) is 4.90. The molecule has 0 aliphatic carbocycles. The molecule has 0 aliphatic rings. The minimum atomic E-state index is 0. The summed E-state index contributed by atoms with van der Waals surface area (Å²) >= 11 is 0. The predicted octanol–water partition coefficient (Wildman–Crippen LogP) is -2.35. The Kier molecular flexibility index (Phi) is 3480. The van der Waals surface area contributed by atoms with Crippen LogP contribution >= 0.6 is 0 Å². The first-order valence-electron chi connectivity index (χ1n) is 0. The van der Waals surface area contributed by atoms with Crippen LogP contribution in [0.15, 0.2) is 0 Å². The molecule has 0 aromatic carbocycles. The third kappa shape index (κ3) is 96.1. The largest absolute Gasteiger partial charge is 1.00 e. The summed E-state index contributed by atoms with van der Waals surface area (Å²) in [5, 5.41) is 0. The van der Waals surface area contributed by atoms with Crippen molar-refractivity contribution in [2.45, 2.75) is 0 Å². The van der Waals surface area contributed by atoms with Crippen LogP contribution in [0.25, 0.3) is 0 Å². The maximum absolute atomic E-state index is 0. The second-order valence-corrected chi connectivity index (χ2v) is 0. The van der Waals surface area contributed by atoms with Crippen molar-refractivity contribution < 1.29 is 81.0 Å². The number of hydrogen-bond donors (Lipinski definition) is 0. The van der Waals surface area contributed by atoms with E-state index in [1.54, 1.807) is 0 Å². The molecule has 0 heterocycles. The molecule has 0 saturated heterocycles. The van der Waals surface area contributed by atoms with Crippen molar-refractivity contribution in [3.8, 4) is 0 Å². The molecule has 8 heavy (non-hydrogen) atoms. The van der Waals surface area contributed by atoms with E-state index in [2.05, 4.69) is 0 Å². The van der Waals surface area contributed by atoms with Crippen LogP contribution in [0.4, 0.5) is 28.2 Å². The molecule has 0 saturated carbocycles. The van der Waals surface area contributed by atoms with Gasteiger partial charge in [-0.05, 0) is 0 Å². The van der Waals surface area contributed by atoms with E-state index in [0.29, 0.717) is 0 Å². The van der Waals surface area contributed by atoms with Gasteiger partial charge in [0, 0.05) is 24.4 Å². The van der Waals surface area contributed by atoms with E-state index in [4.69, 9.17) is 0 Å². The second-order valence-electron chi connectivity index (χ2n) is 0. The van der Waals surface area contributed by atoms with Gasteiger partial charge in [-0.3, -0.25) is 28.2 Å². The Morgan fingerprint density at radius 1 is 0.500 bits per heavy atom. The molecule has 0 aromatic heterocycles. The van der Waals surface area contributed by atoms with Crippen LogP contribution in [-0.4, -0.2) is 24.4 Å². The fourth-order valence-corrected chi connectivity index (χ4v) is 0. The Bertz CT molecular complexity index is 13.0. The van der Waals surface area contributed by atoms with E-state index in [1.165, 1.54) is 0 Å². The standard InChI is InChI=1S/6FH.K.Sb.H/h6*1H;;;/q;;;;;;+1;;-1. The summed E-state index contributed by atoms with van der Waals surface area (Å²) in [5.41, 5.74) is 0. The molecule has 8 heteroatoms. The van der Waals surface area contributed by atoms with Gasteiger partial charge < -0.3 is 1.43 Å². The molecule has 0 rings (SSSR count). The molecule has 55 valence electrons. The molecule has 0 fully saturated rings. The zero-order valence-corrected chi connectivity index (χ0v) is 9.57. The van der Waals surface area contributed by atoms with Gasteiger partial charge in [0.05, 0.1) is 0 Å². The van der Waals surface area contributed by atoms with Crippen LogP contribution in [-0.2, 0) is 0 Å². The van der Waals surface area contributed by atoms with Crippen molar-refractivity contribution in [2.24, 2.45) is 0 Å². The van der Waals surface area contributed by atoms with Gasteiger partial charge in [-0.15, -0.1) is 0 Å². The van der Waals surface area contributed by atoms with Crippen LogP contribution in [0.5, 0.6) is 0 Å². The zero-order chi connectivity index (χ0) is 0. The molecule has 0 N–H and O–H groups in total. The van der Waals surface area contributed by atoms with Crippen molar-refractivity contribution in [1.82, 2.24) is 0 Å². The van der Waals surface area contributed by atoms with E-state index in [1.807, 2.05) is 0 Å². The third-order valence-electron chi connectivity index (χ3n) is 0. The SMILES string of the molecule is F.F.F.F.F.F.[H-].[K+].[Sb]. The van der Waals surface area contributed by atoms with E-state index in [-0.39, 0.29) is 105 Å². The van der Waals surface area contributed by atoms with Gasteiger partial charge in [0.25, 0.3) is 0 Å². The molecule has 0 spiro atoms. The quantitative estimate of drug-likeness (QED) is 0.345. The summed E-state index contributed by atoms with van der Waals surface area (Å²) in [6.07, 6.45) is 0. The van der Waals surface area contributed by atoms with Crippen molar-refractivity contribution in [2.75, 3.05) is 0 Å². The van der Waals surface area contributed by atoms with Crippen molar-refractivity contribution in [3.63, 3.8) is 0 Å². The van der Waals surface area contributed by atoms with Gasteiger partial charge in [-0.1, -0.05) is 0 Å². The van der Waals surface area contributed by atoms with E-state index < -0.39 is 0 Å². The molecule has 0 bridgehead atoms. The first-order valence-corrected chi connectivity index (χ1v) is 0. The molecule has 0 aliphatic heterocycles. The maximum atomic E-state index is 0. The monoisotopic (exact) mass is 281 g/mol. The third-order valence-corrected chi connectivity index (χ3v) is 0. The first kappa shape index (κ1) is 198. The van der Waals surface area contributed by atoms with Crippen molar-refractivity contribution >= 4 is 24.4 Å². The van der Waals surface area contributed by atoms with Crippen molar-refractivity contribution in [3.05, 3.63) is 0 Å². The summed E-state index contributed by atoms with van der Waals surface area (Å²) in [5.74, 6) is 0. The molecule has 0 amide bonds. The van der Waals surface area contributed by atoms with Crippen molar-refractivity contribution in [1.29, 1.82) is 0 Å². The topological polar surface area (TPSA) is 0 Å². The number of hydrogen-bond acceptors (Lipinski definition) is 0. The molecule has 3 radical (unpaired) electrons. The Morgan fingerprint density at radius 3 is 0.500 bits per heavy atom. The minimum Gasteiger partial charge on any atom is -1.00 e. The average Bonchev–Trinajstić information content (AvgIpc) is 0. The summed E-state index contributed by atoms with van der Waals surface area (Å²) < 4.78 is 0. The van der Waals surface area contributed by atoms with E-state index in [9.17, 15) is 0 Å². The molecular formula is H7F6KSb. The van der Waals surface area contributed by atoms with Gasteiger partial charge in [-0.25, -0.2) is 0 Å². The molecule has 0 aromatic rings. The maximum Gasteiger partial charge on any atom is 1.00 e. The molecule has 0 atom stereocenters. The van der Waals surface area contributed by atoms with Crippen LogP contribution < -0.4 is 51.4 Å². The molecule has 0 unspecified atom stereocenters. The Balaban J connectivity index is 0. The normalized spacial score (nSPS) is 0. The summed E-state index contributed by atoms with van der Waals surface area (Å²) in [6.45, 7) is 0. The van der Waals surface area contributed by atoms with E-state index in [0.717, 1.165) is 0 Å². The second kappa shape index (κ2) is 141. The van der Waals surface area contributed by atoms with Crippen LogP contribution in [0.2, 0.25) is 0 Å². The fourth-order valence-electron chi connectivity index (χ4n) is 0. The predicted molar refractivity (Wildman–Crippen MR) is 21.9 cm³/mol. The van der Waals surface area contributed by atoms with Crippen LogP contribution in [0.3, 0.4) is 0 Å². The van der Waals surface area contributed by atoms with Gasteiger partial charge in [0.2, 0.25) is 0 Å². The minimum absolute atomic E-state index is 0. The van der Waals surface area contributed by atoms with Gasteiger partial charge in [0.1, 0.15) is 0 Å². The summed E-state index contributed by atoms with van der Waals surface area (Å²) in [6, 6.07) is 0. The van der Waals surface area contributed by atoms with Crippen LogP contribution in [0.1, 0.15) is 1.43 Å². The smallest absolute Gasteiger partial charge is 1.00 e.